The van der Waals surface area contributed by atoms with Crippen molar-refractivity contribution in [3.63, 3.8) is 0 Å². The summed E-state index contributed by atoms with van der Waals surface area (Å²) in [6.45, 7) is 3.30. The van der Waals surface area contributed by atoms with Crippen molar-refractivity contribution in [3.8, 4) is 0 Å². The number of nitrogens with one attached hydrogen (secondary N) is 1. The van der Waals surface area contributed by atoms with Crippen molar-refractivity contribution < 1.29 is 22.4 Å². The van der Waals surface area contributed by atoms with E-state index in [1.165, 1.54) is 12.3 Å². The van der Waals surface area contributed by atoms with Crippen LogP contribution in [0.4, 0.5) is 13.2 Å². The van der Waals surface area contributed by atoms with E-state index in [1.807, 2.05) is 11.8 Å². The minimum Gasteiger partial charge on any atom is -0.468 e. The summed E-state index contributed by atoms with van der Waals surface area (Å²) in [5.41, 5.74) is -1.90. The van der Waals surface area contributed by atoms with Crippen LogP contribution in [0.2, 0.25) is 0 Å². The van der Waals surface area contributed by atoms with Crippen LogP contribution in [0.25, 0.3) is 0 Å². The molecule has 2 heterocycles. The van der Waals surface area contributed by atoms with Gasteiger partial charge in [0.25, 0.3) is 5.91 Å². The number of amides is 1. The maximum Gasteiger partial charge on any atom is 0.411 e. The molecule has 1 aliphatic heterocycles. The van der Waals surface area contributed by atoms with E-state index in [9.17, 15) is 18.0 Å². The maximum atomic E-state index is 13.6. The Bertz CT molecular complexity index is 570. The number of rotatable bonds is 4. The standard InChI is InChI=1S/C16H21F3N2O2/c1-2-21-8-6-15(7-9-21,16(17,18)19)20-14(22)12-5-10-23-13(12)11-3-4-11/h5,10-11H,2-4,6-9H2,1H3,(H,20,22). The SMILES string of the molecule is CCN1CCC(NC(=O)c2ccoc2C2CC2)(C(F)(F)F)CC1. The number of piperidine rings is 1. The smallest absolute Gasteiger partial charge is 0.411 e. The zero-order chi connectivity index (χ0) is 16.7. The minimum absolute atomic E-state index is 0.118. The van der Waals surface area contributed by atoms with Gasteiger partial charge in [0.2, 0.25) is 0 Å². The number of hydrogen-bond donors (Lipinski definition) is 1. The lowest BCUT2D eigenvalue weighted by Crippen LogP contribution is -2.63. The second kappa shape index (κ2) is 5.85. The Labute approximate surface area is 133 Å². The van der Waals surface area contributed by atoms with Gasteiger partial charge >= 0.3 is 6.18 Å². The van der Waals surface area contributed by atoms with Crippen LogP contribution in [0.15, 0.2) is 16.7 Å². The minimum atomic E-state index is -4.47. The molecule has 2 aliphatic rings. The van der Waals surface area contributed by atoms with Crippen LogP contribution in [0.1, 0.15) is 54.6 Å². The van der Waals surface area contributed by atoms with Crippen molar-refractivity contribution in [2.45, 2.75) is 50.2 Å². The van der Waals surface area contributed by atoms with Gasteiger partial charge in [-0.3, -0.25) is 4.79 Å². The van der Waals surface area contributed by atoms with Crippen LogP contribution in [0.3, 0.4) is 0 Å². The lowest BCUT2D eigenvalue weighted by Gasteiger charge is -2.43. The predicted octanol–water partition coefficient (Wildman–Crippen LogP) is 3.30. The fourth-order valence-electron chi connectivity index (χ4n) is 3.19. The first-order valence-electron chi connectivity index (χ1n) is 8.05. The van der Waals surface area contributed by atoms with E-state index in [-0.39, 0.29) is 24.3 Å². The first-order valence-corrected chi connectivity index (χ1v) is 8.05. The quantitative estimate of drug-likeness (QED) is 0.921. The molecule has 4 nitrogen and oxygen atoms in total. The third-order valence-electron chi connectivity index (χ3n) is 4.94. The molecule has 1 aromatic heterocycles. The van der Waals surface area contributed by atoms with Crippen LogP contribution in [0.5, 0.6) is 0 Å². The second-order valence-electron chi connectivity index (χ2n) is 6.44. The van der Waals surface area contributed by atoms with Gasteiger partial charge in [0.15, 0.2) is 0 Å². The molecule has 1 N–H and O–H groups in total. The van der Waals surface area contributed by atoms with E-state index in [0.29, 0.717) is 18.8 Å². The van der Waals surface area contributed by atoms with Gasteiger partial charge in [-0.25, -0.2) is 0 Å². The molecular formula is C16H21F3N2O2. The average molecular weight is 330 g/mol. The number of alkyl halides is 3. The van der Waals surface area contributed by atoms with E-state index in [2.05, 4.69) is 5.32 Å². The molecule has 1 aliphatic carbocycles. The predicted molar refractivity (Wildman–Crippen MR) is 78.3 cm³/mol. The molecule has 7 heteroatoms. The molecule has 128 valence electrons. The third-order valence-corrected chi connectivity index (χ3v) is 4.94. The largest absolute Gasteiger partial charge is 0.468 e. The summed E-state index contributed by atoms with van der Waals surface area (Å²) in [6.07, 6.45) is -1.48. The fourth-order valence-corrected chi connectivity index (χ4v) is 3.19. The highest BCUT2D eigenvalue weighted by Gasteiger charge is 2.56. The van der Waals surface area contributed by atoms with Gasteiger partial charge in [0.1, 0.15) is 11.3 Å². The topological polar surface area (TPSA) is 45.5 Å². The first-order chi connectivity index (χ1) is 10.9. The number of likely N-dealkylation sites (tertiary alicyclic amines) is 1. The Morgan fingerprint density at radius 3 is 2.57 bits per heavy atom. The molecule has 0 spiro atoms. The number of carbonyl (C=O) groups is 1. The normalized spacial score (nSPS) is 22.1. The lowest BCUT2D eigenvalue weighted by molar-refractivity contribution is -0.205. The molecule has 1 saturated heterocycles. The van der Waals surface area contributed by atoms with Crippen molar-refractivity contribution in [2.75, 3.05) is 19.6 Å². The Morgan fingerprint density at radius 2 is 2.04 bits per heavy atom. The van der Waals surface area contributed by atoms with Crippen LogP contribution >= 0.6 is 0 Å². The highest BCUT2D eigenvalue weighted by atomic mass is 19.4. The van der Waals surface area contributed by atoms with Crippen LogP contribution < -0.4 is 5.32 Å². The highest BCUT2D eigenvalue weighted by Crippen LogP contribution is 2.43. The summed E-state index contributed by atoms with van der Waals surface area (Å²) in [6, 6.07) is 1.47. The fraction of sp³-hybridized carbons (Fsp3) is 0.688. The molecular weight excluding hydrogens is 309 g/mol. The molecule has 1 saturated carbocycles. The zero-order valence-corrected chi connectivity index (χ0v) is 13.1. The molecule has 23 heavy (non-hydrogen) atoms. The number of hydrogen-bond acceptors (Lipinski definition) is 3. The third kappa shape index (κ3) is 3.11. The van der Waals surface area contributed by atoms with E-state index in [0.717, 1.165) is 19.4 Å². The van der Waals surface area contributed by atoms with Crippen molar-refractivity contribution >= 4 is 5.91 Å². The maximum absolute atomic E-state index is 13.6. The number of carbonyl (C=O) groups excluding carboxylic acids is 1. The Kier molecular flexibility index (Phi) is 4.16. The van der Waals surface area contributed by atoms with Gasteiger partial charge in [0, 0.05) is 19.0 Å². The van der Waals surface area contributed by atoms with E-state index < -0.39 is 17.6 Å². The molecule has 0 unspecified atom stereocenters. The van der Waals surface area contributed by atoms with Crippen LogP contribution in [0, 0.1) is 0 Å². The van der Waals surface area contributed by atoms with Gasteiger partial charge in [-0.1, -0.05) is 6.92 Å². The Balaban J connectivity index is 1.79. The van der Waals surface area contributed by atoms with E-state index in [1.54, 1.807) is 0 Å². The Hall–Kier alpha value is -1.50. The molecule has 1 amide bonds. The van der Waals surface area contributed by atoms with Crippen molar-refractivity contribution in [3.05, 3.63) is 23.7 Å². The molecule has 0 bridgehead atoms. The number of halogens is 3. The molecule has 2 fully saturated rings. The second-order valence-corrected chi connectivity index (χ2v) is 6.44. The highest BCUT2D eigenvalue weighted by molar-refractivity contribution is 5.96. The lowest BCUT2D eigenvalue weighted by atomic mass is 9.86. The monoisotopic (exact) mass is 330 g/mol. The number of furan rings is 1. The van der Waals surface area contributed by atoms with Crippen molar-refractivity contribution in [2.24, 2.45) is 0 Å². The van der Waals surface area contributed by atoms with Gasteiger partial charge in [-0.2, -0.15) is 13.2 Å². The van der Waals surface area contributed by atoms with Crippen molar-refractivity contribution in [1.29, 1.82) is 0 Å². The summed E-state index contributed by atoms with van der Waals surface area (Å²) in [4.78, 5) is 14.4. The van der Waals surface area contributed by atoms with E-state index >= 15 is 0 Å². The average Bonchev–Trinajstić information content (AvgIpc) is 3.23. The van der Waals surface area contributed by atoms with Gasteiger partial charge < -0.3 is 14.6 Å². The summed E-state index contributed by atoms with van der Waals surface area (Å²) in [7, 11) is 0. The van der Waals surface area contributed by atoms with E-state index in [4.69, 9.17) is 4.42 Å². The number of nitrogens with zero attached hydrogens (tertiary/aromatic N) is 1. The molecule has 0 atom stereocenters. The summed E-state index contributed by atoms with van der Waals surface area (Å²) in [5.74, 6) is 0.0169. The first kappa shape index (κ1) is 16.4. The molecule has 1 aromatic rings. The summed E-state index contributed by atoms with van der Waals surface area (Å²) >= 11 is 0. The molecule has 3 rings (SSSR count). The Morgan fingerprint density at radius 1 is 1.39 bits per heavy atom. The van der Waals surface area contributed by atoms with Gasteiger partial charge in [-0.05, 0) is 38.3 Å². The van der Waals surface area contributed by atoms with Crippen LogP contribution in [-0.4, -0.2) is 42.2 Å². The molecule has 0 radical (unpaired) electrons. The van der Waals surface area contributed by atoms with Gasteiger partial charge in [-0.15, -0.1) is 0 Å². The zero-order valence-electron chi connectivity index (χ0n) is 13.1. The summed E-state index contributed by atoms with van der Waals surface area (Å²) in [5, 5.41) is 2.29. The van der Waals surface area contributed by atoms with Crippen molar-refractivity contribution in [1.82, 2.24) is 10.2 Å². The molecule has 0 aromatic carbocycles. The van der Waals surface area contributed by atoms with Crippen LogP contribution in [-0.2, 0) is 0 Å². The summed E-state index contributed by atoms with van der Waals surface area (Å²) < 4.78 is 46.2. The van der Waals surface area contributed by atoms with Gasteiger partial charge in [0.05, 0.1) is 11.8 Å².